The zero-order valence-corrected chi connectivity index (χ0v) is 9.02. The van der Waals surface area contributed by atoms with Crippen LogP contribution in [0.1, 0.15) is 26.5 Å². The molecule has 0 atom stereocenters. The van der Waals surface area contributed by atoms with Crippen LogP contribution in [-0.4, -0.2) is 31.1 Å². The highest BCUT2D eigenvalue weighted by molar-refractivity contribution is 5.94. The van der Waals surface area contributed by atoms with Crippen LogP contribution >= 0.6 is 0 Å². The molecule has 0 bridgehead atoms. The Labute approximate surface area is 92.4 Å². The Bertz CT molecular complexity index is 383. The molecule has 0 spiro atoms. The molecule has 1 aromatic rings. The fourth-order valence-corrected chi connectivity index (χ4v) is 1.14. The molecule has 0 fully saturated rings. The van der Waals surface area contributed by atoms with Gasteiger partial charge < -0.3 is 15.2 Å². The second kappa shape index (κ2) is 5.22. The average molecular weight is 224 g/mol. The van der Waals surface area contributed by atoms with Gasteiger partial charge in [0.15, 0.2) is 0 Å². The summed E-state index contributed by atoms with van der Waals surface area (Å²) in [5, 5.41) is 0. The number of hydrogen-bond donors (Lipinski definition) is 1. The molecular formula is C10H12N2O4. The Balaban J connectivity index is 3.20. The van der Waals surface area contributed by atoms with E-state index in [4.69, 9.17) is 5.73 Å². The highest BCUT2D eigenvalue weighted by Crippen LogP contribution is 2.08. The van der Waals surface area contributed by atoms with Crippen LogP contribution in [0.4, 0.5) is 0 Å². The smallest absolute Gasteiger partial charge is 0.356 e. The topological polar surface area (TPSA) is 91.5 Å². The minimum Gasteiger partial charge on any atom is -0.465 e. The van der Waals surface area contributed by atoms with Crippen molar-refractivity contribution in [1.29, 1.82) is 0 Å². The zero-order chi connectivity index (χ0) is 12.1. The normalized spacial score (nSPS) is 9.69. The molecule has 0 aliphatic rings. The second-order valence-electron chi connectivity index (χ2n) is 2.92. The van der Waals surface area contributed by atoms with E-state index in [1.54, 1.807) is 0 Å². The number of carbonyl (C=O) groups excluding carboxylic acids is 2. The summed E-state index contributed by atoms with van der Waals surface area (Å²) in [6, 6.07) is 2.77. The van der Waals surface area contributed by atoms with Crippen LogP contribution in [0.3, 0.4) is 0 Å². The van der Waals surface area contributed by atoms with Gasteiger partial charge in [-0.25, -0.2) is 14.6 Å². The van der Waals surface area contributed by atoms with E-state index in [2.05, 4.69) is 14.5 Å². The number of methoxy groups -OCH3 is 2. The zero-order valence-electron chi connectivity index (χ0n) is 9.02. The molecule has 1 rings (SSSR count). The van der Waals surface area contributed by atoms with Crippen LogP contribution in [0, 0.1) is 0 Å². The van der Waals surface area contributed by atoms with Crippen molar-refractivity contribution < 1.29 is 19.1 Å². The molecule has 6 nitrogen and oxygen atoms in total. The monoisotopic (exact) mass is 224 g/mol. The Morgan fingerprint density at radius 2 is 1.88 bits per heavy atom. The summed E-state index contributed by atoms with van der Waals surface area (Å²) in [6.07, 6.45) is 0. The van der Waals surface area contributed by atoms with Gasteiger partial charge in [-0.1, -0.05) is 0 Å². The molecule has 0 saturated carbocycles. The summed E-state index contributed by atoms with van der Waals surface area (Å²) in [5.41, 5.74) is 6.08. The lowest BCUT2D eigenvalue weighted by molar-refractivity contribution is 0.0593. The first-order chi connectivity index (χ1) is 7.62. The number of pyridine rings is 1. The summed E-state index contributed by atoms with van der Waals surface area (Å²) in [6.45, 7) is 0.120. The first-order valence-electron chi connectivity index (χ1n) is 4.50. The highest BCUT2D eigenvalue weighted by Gasteiger charge is 2.14. The van der Waals surface area contributed by atoms with Gasteiger partial charge >= 0.3 is 11.9 Å². The lowest BCUT2D eigenvalue weighted by atomic mass is 10.2. The number of hydrogen-bond acceptors (Lipinski definition) is 6. The van der Waals surface area contributed by atoms with Gasteiger partial charge in [0.05, 0.1) is 25.5 Å². The van der Waals surface area contributed by atoms with Crippen molar-refractivity contribution in [3.05, 3.63) is 29.1 Å². The average Bonchev–Trinajstić information content (AvgIpc) is 2.35. The Morgan fingerprint density at radius 1 is 1.25 bits per heavy atom. The van der Waals surface area contributed by atoms with Gasteiger partial charge in [0.1, 0.15) is 5.69 Å². The molecule has 0 aliphatic heterocycles. The van der Waals surface area contributed by atoms with Crippen LogP contribution in [0.5, 0.6) is 0 Å². The third kappa shape index (κ3) is 2.54. The molecule has 0 amide bonds. The summed E-state index contributed by atoms with van der Waals surface area (Å²) in [4.78, 5) is 26.5. The number of aromatic nitrogens is 1. The predicted octanol–water partition coefficient (Wildman–Crippen LogP) is 0.113. The molecule has 0 unspecified atom stereocenters. The van der Waals surface area contributed by atoms with E-state index in [0.29, 0.717) is 5.69 Å². The van der Waals surface area contributed by atoms with Gasteiger partial charge in [-0.2, -0.15) is 0 Å². The molecule has 1 aromatic heterocycles. The Morgan fingerprint density at radius 3 is 2.38 bits per heavy atom. The predicted molar refractivity (Wildman–Crippen MR) is 54.8 cm³/mol. The molecular weight excluding hydrogens is 212 g/mol. The standard InChI is InChI=1S/C10H12N2O4/c1-15-9(13)6-3-7(5-11)12-8(4-6)10(14)16-2/h3-4H,5,11H2,1-2H3. The van der Waals surface area contributed by atoms with E-state index in [0.717, 1.165) is 0 Å². The molecule has 86 valence electrons. The quantitative estimate of drug-likeness (QED) is 0.733. The molecule has 0 aliphatic carbocycles. The van der Waals surface area contributed by atoms with Gasteiger partial charge in [-0.05, 0) is 12.1 Å². The first-order valence-corrected chi connectivity index (χ1v) is 4.50. The fraction of sp³-hybridized carbons (Fsp3) is 0.300. The molecule has 0 saturated heterocycles. The van der Waals surface area contributed by atoms with Crippen molar-refractivity contribution in [3.63, 3.8) is 0 Å². The Hall–Kier alpha value is -1.95. The summed E-state index contributed by atoms with van der Waals surface area (Å²) < 4.78 is 9.05. The van der Waals surface area contributed by atoms with Gasteiger partial charge in [0.2, 0.25) is 0 Å². The van der Waals surface area contributed by atoms with Crippen molar-refractivity contribution in [2.75, 3.05) is 14.2 Å². The number of rotatable bonds is 3. The number of nitrogens with two attached hydrogens (primary N) is 1. The first kappa shape index (κ1) is 12.1. The second-order valence-corrected chi connectivity index (χ2v) is 2.92. The van der Waals surface area contributed by atoms with E-state index in [1.807, 2.05) is 0 Å². The highest BCUT2D eigenvalue weighted by atomic mass is 16.5. The van der Waals surface area contributed by atoms with Crippen molar-refractivity contribution >= 4 is 11.9 Å². The molecule has 6 heteroatoms. The number of ether oxygens (including phenoxy) is 2. The lowest BCUT2D eigenvalue weighted by Gasteiger charge is -2.05. The van der Waals surface area contributed by atoms with Crippen molar-refractivity contribution in [2.45, 2.75) is 6.54 Å². The molecule has 0 radical (unpaired) electrons. The van der Waals surface area contributed by atoms with Crippen LogP contribution in [0.2, 0.25) is 0 Å². The molecule has 1 heterocycles. The molecule has 2 N–H and O–H groups in total. The number of esters is 2. The van der Waals surface area contributed by atoms with Gasteiger partial charge in [-0.15, -0.1) is 0 Å². The van der Waals surface area contributed by atoms with Crippen LogP contribution in [0.25, 0.3) is 0 Å². The lowest BCUT2D eigenvalue weighted by Crippen LogP contribution is -2.12. The maximum atomic E-state index is 11.3. The number of nitrogens with zero attached hydrogens (tertiary/aromatic N) is 1. The summed E-state index contributed by atoms with van der Waals surface area (Å²) >= 11 is 0. The van der Waals surface area contributed by atoms with E-state index >= 15 is 0 Å². The number of carbonyl (C=O) groups is 2. The minimum absolute atomic E-state index is 0.0332. The SMILES string of the molecule is COC(=O)c1cc(CN)nc(C(=O)OC)c1. The Kier molecular flexibility index (Phi) is 3.96. The summed E-state index contributed by atoms with van der Waals surface area (Å²) in [5.74, 6) is -1.18. The summed E-state index contributed by atoms with van der Waals surface area (Å²) in [7, 11) is 2.49. The largest absolute Gasteiger partial charge is 0.465 e. The van der Waals surface area contributed by atoms with E-state index < -0.39 is 11.9 Å². The van der Waals surface area contributed by atoms with Crippen LogP contribution in [0.15, 0.2) is 12.1 Å². The van der Waals surface area contributed by atoms with Crippen molar-refractivity contribution in [3.8, 4) is 0 Å². The van der Waals surface area contributed by atoms with Gasteiger partial charge in [0.25, 0.3) is 0 Å². The minimum atomic E-state index is -0.625. The van der Waals surface area contributed by atoms with Crippen LogP contribution < -0.4 is 5.73 Å². The van der Waals surface area contributed by atoms with Crippen LogP contribution in [-0.2, 0) is 16.0 Å². The van der Waals surface area contributed by atoms with E-state index in [1.165, 1.54) is 26.4 Å². The van der Waals surface area contributed by atoms with Crippen molar-refractivity contribution in [1.82, 2.24) is 4.98 Å². The van der Waals surface area contributed by atoms with E-state index in [-0.39, 0.29) is 17.8 Å². The maximum Gasteiger partial charge on any atom is 0.356 e. The van der Waals surface area contributed by atoms with Gasteiger partial charge in [-0.3, -0.25) is 0 Å². The van der Waals surface area contributed by atoms with Gasteiger partial charge in [0, 0.05) is 6.54 Å². The third-order valence-electron chi connectivity index (χ3n) is 1.90. The maximum absolute atomic E-state index is 11.3. The molecule has 0 aromatic carbocycles. The fourth-order valence-electron chi connectivity index (χ4n) is 1.14. The van der Waals surface area contributed by atoms with Crippen molar-refractivity contribution in [2.24, 2.45) is 5.73 Å². The van der Waals surface area contributed by atoms with E-state index in [9.17, 15) is 9.59 Å². The third-order valence-corrected chi connectivity index (χ3v) is 1.90. The molecule has 16 heavy (non-hydrogen) atoms.